The van der Waals surface area contributed by atoms with Crippen molar-refractivity contribution in [2.45, 2.75) is 22.6 Å². The molecule has 2 aromatic rings. The van der Waals surface area contributed by atoms with Crippen LogP contribution in [0, 0.1) is 12.2 Å². The molecule has 0 heterocycles. The van der Waals surface area contributed by atoms with Gasteiger partial charge in [0.05, 0.1) is 9.79 Å². The summed E-state index contributed by atoms with van der Waals surface area (Å²) in [6.45, 7) is 0. The van der Waals surface area contributed by atoms with Gasteiger partial charge in [-0.2, -0.15) is 12.2 Å². The summed E-state index contributed by atoms with van der Waals surface area (Å²) in [7, 11) is 0. The quantitative estimate of drug-likeness (QED) is 0.368. The van der Waals surface area contributed by atoms with Crippen molar-refractivity contribution in [1.82, 2.24) is 0 Å². The normalized spacial score (nSPS) is 14.1. The van der Waals surface area contributed by atoms with Crippen LogP contribution in [0.3, 0.4) is 0 Å². The third-order valence-corrected chi connectivity index (χ3v) is 4.41. The Bertz CT molecular complexity index is 741. The second-order valence-corrected chi connectivity index (χ2v) is 7.07. The van der Waals surface area contributed by atoms with E-state index in [2.05, 4.69) is 24.3 Å². The van der Waals surface area contributed by atoms with Crippen LogP contribution in [-0.2, 0) is 43.9 Å². The first kappa shape index (κ1) is 27.3. The third-order valence-electron chi connectivity index (χ3n) is 3.06. The van der Waals surface area contributed by atoms with Crippen molar-refractivity contribution in [1.29, 1.82) is 0 Å². The molecule has 0 saturated carbocycles. The van der Waals surface area contributed by atoms with Crippen LogP contribution in [0.2, 0.25) is 0 Å². The van der Waals surface area contributed by atoms with Crippen molar-refractivity contribution >= 4 is 22.2 Å². The Balaban J connectivity index is 0.000000369. The van der Waals surface area contributed by atoms with Crippen molar-refractivity contribution in [3.63, 3.8) is 0 Å². The van der Waals surface area contributed by atoms with Crippen LogP contribution in [0.25, 0.3) is 0 Å². The summed E-state index contributed by atoms with van der Waals surface area (Å²) in [5, 5.41) is 0. The fraction of sp³-hybridized carbons (Fsp3) is 0.0909. The molecule has 29 heavy (non-hydrogen) atoms. The topological polar surface area (TPSA) is 74.6 Å². The minimum atomic E-state index is -1.83. The predicted molar refractivity (Wildman–Crippen MR) is 114 cm³/mol. The molecule has 2 N–H and O–H groups in total. The first-order valence-electron chi connectivity index (χ1n) is 8.36. The number of rotatable bonds is 2. The van der Waals surface area contributed by atoms with Crippen molar-refractivity contribution in [3.8, 4) is 0 Å². The SMILES string of the molecule is O=S(O)c1ccccc1.O=S(O)c1ccccc1.[C-]1=CC=CC1.[C-]1=CC=CC1.[Ti+2]. The molecule has 2 aliphatic rings. The van der Waals surface area contributed by atoms with E-state index in [0.29, 0.717) is 9.79 Å². The maximum Gasteiger partial charge on any atom is 2.00 e. The van der Waals surface area contributed by atoms with Crippen molar-refractivity contribution in [2.75, 3.05) is 0 Å². The van der Waals surface area contributed by atoms with Crippen LogP contribution < -0.4 is 0 Å². The van der Waals surface area contributed by atoms with E-state index in [9.17, 15) is 8.42 Å². The maximum absolute atomic E-state index is 10.3. The third kappa shape index (κ3) is 14.9. The van der Waals surface area contributed by atoms with Gasteiger partial charge in [0.25, 0.3) is 0 Å². The minimum Gasteiger partial charge on any atom is -0.302 e. The largest absolute Gasteiger partial charge is 2.00 e. The summed E-state index contributed by atoms with van der Waals surface area (Å²) < 4.78 is 37.6. The molecule has 0 spiro atoms. The van der Waals surface area contributed by atoms with Gasteiger partial charge in [0.2, 0.25) is 0 Å². The number of hydrogen-bond acceptors (Lipinski definition) is 2. The van der Waals surface area contributed by atoms with Gasteiger partial charge in [-0.1, -0.05) is 36.4 Å². The number of benzene rings is 2. The summed E-state index contributed by atoms with van der Waals surface area (Å²) >= 11 is -3.66. The first-order valence-corrected chi connectivity index (χ1v) is 10.6. The zero-order chi connectivity index (χ0) is 20.5. The van der Waals surface area contributed by atoms with Gasteiger partial charge in [-0.25, -0.2) is 32.7 Å². The molecule has 7 heteroatoms. The molecule has 4 nitrogen and oxygen atoms in total. The fourth-order valence-corrected chi connectivity index (χ4v) is 2.53. The molecule has 4 rings (SSSR count). The summed E-state index contributed by atoms with van der Waals surface area (Å²) in [4.78, 5) is 0.884. The molecule has 0 radical (unpaired) electrons. The van der Waals surface area contributed by atoms with E-state index in [1.807, 2.05) is 24.3 Å². The molecule has 150 valence electrons. The zero-order valence-corrected chi connectivity index (χ0v) is 18.9. The van der Waals surface area contributed by atoms with Crippen LogP contribution in [0.15, 0.2) is 107 Å². The first-order chi connectivity index (χ1) is 13.6. The monoisotopic (exact) mass is 462 g/mol. The van der Waals surface area contributed by atoms with Gasteiger partial charge in [-0.05, 0) is 24.3 Å². The molecule has 2 unspecified atom stereocenters. The van der Waals surface area contributed by atoms with Crippen LogP contribution >= 0.6 is 0 Å². The van der Waals surface area contributed by atoms with Crippen LogP contribution in [0.5, 0.6) is 0 Å². The van der Waals surface area contributed by atoms with Gasteiger partial charge in [0.15, 0.2) is 22.2 Å². The van der Waals surface area contributed by atoms with Crippen molar-refractivity contribution in [3.05, 3.63) is 109 Å². The van der Waals surface area contributed by atoms with Crippen LogP contribution in [-0.4, -0.2) is 17.5 Å². The number of hydrogen-bond donors (Lipinski definition) is 2. The molecule has 0 aliphatic heterocycles. The van der Waals surface area contributed by atoms with Gasteiger partial charge in [0.1, 0.15) is 0 Å². The molecular weight excluding hydrogens is 440 g/mol. The van der Waals surface area contributed by atoms with Gasteiger partial charge < -0.3 is 9.11 Å². The molecule has 2 aliphatic carbocycles. The van der Waals surface area contributed by atoms with Crippen LogP contribution in [0.4, 0.5) is 0 Å². The van der Waals surface area contributed by atoms with Gasteiger partial charge in [-0.15, -0.1) is 12.8 Å². The average molecular weight is 462 g/mol. The summed E-state index contributed by atoms with van der Waals surface area (Å²) in [6.07, 6.45) is 20.0. The van der Waals surface area contributed by atoms with E-state index in [4.69, 9.17) is 9.11 Å². The molecule has 0 amide bonds. The second-order valence-electron chi connectivity index (χ2n) is 5.13. The Hall–Kier alpha value is -1.67. The van der Waals surface area contributed by atoms with Crippen molar-refractivity contribution < 1.29 is 39.2 Å². The molecule has 0 saturated heterocycles. The van der Waals surface area contributed by atoms with Crippen molar-refractivity contribution in [2.24, 2.45) is 0 Å². The van der Waals surface area contributed by atoms with Gasteiger partial charge in [0, 0.05) is 0 Å². The zero-order valence-electron chi connectivity index (χ0n) is 15.7. The Labute approximate surface area is 192 Å². The molecule has 2 atom stereocenters. The second kappa shape index (κ2) is 18.4. The Morgan fingerprint density at radius 2 is 1.00 bits per heavy atom. The van der Waals surface area contributed by atoms with E-state index in [1.54, 1.807) is 60.7 Å². The smallest absolute Gasteiger partial charge is 0.302 e. The van der Waals surface area contributed by atoms with Crippen LogP contribution in [0.1, 0.15) is 12.8 Å². The standard InChI is InChI=1S/2C6H6O2S.2C5H5.Ti/c2*7-9(8)6-4-2-1-3-5-6;2*1-2-4-5-3-1;/h2*1-5H,(H,7,8);2*1-3H,4H2;/q;;2*-1;+2. The summed E-state index contributed by atoms with van der Waals surface area (Å²) in [5.74, 6) is 0. The minimum absolute atomic E-state index is 0. The fourth-order valence-electron chi connectivity index (χ4n) is 1.75. The average Bonchev–Trinajstić information content (AvgIpc) is 3.48. The summed E-state index contributed by atoms with van der Waals surface area (Å²) in [6, 6.07) is 16.9. The Morgan fingerprint density at radius 1 is 0.655 bits per heavy atom. The van der Waals surface area contributed by atoms with Gasteiger partial charge in [-0.3, -0.25) is 12.2 Å². The van der Waals surface area contributed by atoms with E-state index in [0.717, 1.165) is 12.8 Å². The van der Waals surface area contributed by atoms with Gasteiger partial charge >= 0.3 is 21.7 Å². The van der Waals surface area contributed by atoms with E-state index < -0.39 is 22.2 Å². The maximum atomic E-state index is 10.3. The Morgan fingerprint density at radius 3 is 1.14 bits per heavy atom. The molecule has 0 fully saturated rings. The van der Waals surface area contributed by atoms with E-state index in [-0.39, 0.29) is 21.7 Å². The number of allylic oxidation sites excluding steroid dienone is 8. The molecule has 0 bridgehead atoms. The van der Waals surface area contributed by atoms with E-state index in [1.165, 1.54) is 0 Å². The van der Waals surface area contributed by atoms with E-state index >= 15 is 0 Å². The predicted octanol–water partition coefficient (Wildman–Crippen LogP) is 5.14. The summed E-state index contributed by atoms with van der Waals surface area (Å²) in [5.41, 5.74) is 0. The molecule has 2 aromatic carbocycles. The molecular formula is C22H22O4S2Ti. The Kier molecular flexibility index (Phi) is 17.3. The molecule has 0 aromatic heterocycles.